The highest BCUT2D eigenvalue weighted by Crippen LogP contribution is 2.35. The van der Waals surface area contributed by atoms with Gasteiger partial charge in [-0.05, 0) is 57.2 Å². The summed E-state index contributed by atoms with van der Waals surface area (Å²) in [4.78, 5) is 20.1. The molecule has 27 heavy (non-hydrogen) atoms. The molecule has 0 unspecified atom stereocenters. The fraction of sp³-hybridized carbons (Fsp3) is 0.400. The summed E-state index contributed by atoms with van der Waals surface area (Å²) in [6.07, 6.45) is 4.04. The second-order valence-corrected chi connectivity index (χ2v) is 9.50. The van der Waals surface area contributed by atoms with Crippen LogP contribution in [0.3, 0.4) is 0 Å². The van der Waals surface area contributed by atoms with Crippen LogP contribution in [0, 0.1) is 5.82 Å². The molecule has 4 rings (SSSR count). The van der Waals surface area contributed by atoms with E-state index in [1.807, 2.05) is 0 Å². The molecule has 2 heterocycles. The van der Waals surface area contributed by atoms with E-state index in [2.05, 4.69) is 0 Å². The van der Waals surface area contributed by atoms with Crippen LogP contribution < -0.4 is 5.56 Å². The largest absolute Gasteiger partial charge is 0.390 e. The molecular weight excluding hydrogens is 383 g/mol. The highest BCUT2D eigenvalue weighted by Gasteiger charge is 2.24. The van der Waals surface area contributed by atoms with Gasteiger partial charge in [-0.25, -0.2) is 9.37 Å². The zero-order chi connectivity index (χ0) is 19.2. The highest BCUT2D eigenvalue weighted by molar-refractivity contribution is 7.99. The SMILES string of the molecule is CC(C)(O)CSc1nc2sc3c(c2c(=O)n1-c1ccccc1F)CCCC3. The van der Waals surface area contributed by atoms with Crippen molar-refractivity contribution < 1.29 is 9.50 Å². The number of para-hydroxylation sites is 1. The first kappa shape index (κ1) is 18.7. The van der Waals surface area contributed by atoms with Gasteiger partial charge in [0.05, 0.1) is 16.7 Å². The van der Waals surface area contributed by atoms with Crippen molar-refractivity contribution in [1.29, 1.82) is 0 Å². The van der Waals surface area contributed by atoms with Crippen LogP contribution in [-0.4, -0.2) is 26.0 Å². The molecule has 0 atom stereocenters. The van der Waals surface area contributed by atoms with Gasteiger partial charge in [-0.3, -0.25) is 9.36 Å². The van der Waals surface area contributed by atoms with Crippen molar-refractivity contribution in [3.05, 3.63) is 50.9 Å². The van der Waals surface area contributed by atoms with Crippen LogP contribution in [0.5, 0.6) is 0 Å². The Bertz CT molecular complexity index is 1070. The van der Waals surface area contributed by atoms with Gasteiger partial charge < -0.3 is 5.11 Å². The molecule has 1 aliphatic carbocycles. The van der Waals surface area contributed by atoms with E-state index in [9.17, 15) is 14.3 Å². The summed E-state index contributed by atoms with van der Waals surface area (Å²) in [5.41, 5.74) is 0.142. The zero-order valence-corrected chi connectivity index (χ0v) is 16.9. The smallest absolute Gasteiger partial charge is 0.267 e. The van der Waals surface area contributed by atoms with E-state index in [-0.39, 0.29) is 11.2 Å². The molecule has 3 aromatic rings. The molecule has 0 saturated carbocycles. The van der Waals surface area contributed by atoms with Crippen molar-refractivity contribution in [1.82, 2.24) is 9.55 Å². The molecule has 0 spiro atoms. The van der Waals surface area contributed by atoms with E-state index in [0.29, 0.717) is 16.3 Å². The van der Waals surface area contributed by atoms with Crippen molar-refractivity contribution in [3.8, 4) is 5.69 Å². The Morgan fingerprint density at radius 3 is 2.78 bits per heavy atom. The lowest BCUT2D eigenvalue weighted by Crippen LogP contribution is -2.26. The van der Waals surface area contributed by atoms with Crippen LogP contribution in [0.25, 0.3) is 15.9 Å². The first-order valence-electron chi connectivity index (χ1n) is 9.02. The van der Waals surface area contributed by atoms with Gasteiger partial charge in [0.15, 0.2) is 5.16 Å². The third-order valence-corrected chi connectivity index (χ3v) is 7.17. The lowest BCUT2D eigenvalue weighted by Gasteiger charge is -2.18. The summed E-state index contributed by atoms with van der Waals surface area (Å²) in [6.45, 7) is 3.40. The molecule has 0 bridgehead atoms. The Hall–Kier alpha value is -1.70. The normalized spacial score (nSPS) is 14.5. The Labute approximate surface area is 165 Å². The highest BCUT2D eigenvalue weighted by atomic mass is 32.2. The average molecular weight is 405 g/mol. The van der Waals surface area contributed by atoms with Crippen LogP contribution in [0.1, 0.15) is 37.1 Å². The number of fused-ring (bicyclic) bond motifs is 3. The molecule has 0 aliphatic heterocycles. The van der Waals surface area contributed by atoms with E-state index in [4.69, 9.17) is 4.98 Å². The van der Waals surface area contributed by atoms with Crippen LogP contribution in [-0.2, 0) is 12.8 Å². The first-order valence-corrected chi connectivity index (χ1v) is 10.8. The second-order valence-electron chi connectivity index (χ2n) is 7.48. The Morgan fingerprint density at radius 1 is 1.30 bits per heavy atom. The second kappa shape index (κ2) is 7.04. The standard InChI is InChI=1S/C20H21FN2O2S2/c1-20(2,25)11-26-19-22-17-16(12-7-3-6-10-15(12)27-17)18(24)23(19)14-9-5-4-8-13(14)21/h4-5,8-9,25H,3,6-7,10-11H2,1-2H3. The fourth-order valence-electron chi connectivity index (χ4n) is 3.37. The average Bonchev–Trinajstić information content (AvgIpc) is 2.99. The maximum Gasteiger partial charge on any atom is 0.267 e. The topological polar surface area (TPSA) is 55.1 Å². The molecular formula is C20H21FN2O2S2. The number of nitrogens with zero attached hydrogens (tertiary/aromatic N) is 2. The van der Waals surface area contributed by atoms with E-state index in [1.165, 1.54) is 27.3 Å². The molecule has 0 radical (unpaired) electrons. The number of hydrogen-bond donors (Lipinski definition) is 1. The minimum atomic E-state index is -0.925. The van der Waals surface area contributed by atoms with E-state index >= 15 is 0 Å². The van der Waals surface area contributed by atoms with Crippen LogP contribution in [0.2, 0.25) is 0 Å². The molecule has 0 fully saturated rings. The van der Waals surface area contributed by atoms with Gasteiger partial charge in [0.25, 0.3) is 5.56 Å². The lowest BCUT2D eigenvalue weighted by molar-refractivity contribution is 0.107. The number of aryl methyl sites for hydroxylation is 2. The molecule has 142 valence electrons. The summed E-state index contributed by atoms with van der Waals surface area (Å²) in [7, 11) is 0. The summed E-state index contributed by atoms with van der Waals surface area (Å²) in [5, 5.41) is 11.1. The Kier molecular flexibility index (Phi) is 4.86. The first-order chi connectivity index (χ1) is 12.8. The number of thioether (sulfide) groups is 1. The van der Waals surface area contributed by atoms with Crippen LogP contribution in [0.15, 0.2) is 34.2 Å². The third kappa shape index (κ3) is 3.56. The number of benzene rings is 1. The Morgan fingerprint density at radius 2 is 2.04 bits per heavy atom. The van der Waals surface area contributed by atoms with Crippen LogP contribution >= 0.6 is 23.1 Å². The van der Waals surface area contributed by atoms with Crippen molar-refractivity contribution in [3.63, 3.8) is 0 Å². The molecule has 0 saturated heterocycles. The van der Waals surface area contributed by atoms with Crippen LogP contribution in [0.4, 0.5) is 4.39 Å². The van der Waals surface area contributed by atoms with Crippen molar-refractivity contribution in [2.75, 3.05) is 5.75 Å². The fourth-order valence-corrected chi connectivity index (χ4v) is 5.63. The molecule has 1 N–H and O–H groups in total. The van der Waals surface area contributed by atoms with Gasteiger partial charge in [0.1, 0.15) is 10.6 Å². The molecule has 4 nitrogen and oxygen atoms in total. The monoisotopic (exact) mass is 404 g/mol. The minimum absolute atomic E-state index is 0.200. The van der Waals surface area contributed by atoms with E-state index in [0.717, 1.165) is 36.1 Å². The summed E-state index contributed by atoms with van der Waals surface area (Å²) in [5.74, 6) is -0.111. The molecule has 1 aromatic carbocycles. The molecule has 7 heteroatoms. The van der Waals surface area contributed by atoms with Crippen molar-refractivity contribution in [2.45, 2.75) is 50.3 Å². The Balaban J connectivity index is 1.98. The van der Waals surface area contributed by atoms with Gasteiger partial charge in [-0.1, -0.05) is 23.9 Å². The molecule has 2 aromatic heterocycles. The minimum Gasteiger partial charge on any atom is -0.390 e. The van der Waals surface area contributed by atoms with Gasteiger partial charge in [0, 0.05) is 10.6 Å². The predicted molar refractivity (Wildman–Crippen MR) is 109 cm³/mol. The molecule has 1 aliphatic rings. The lowest BCUT2D eigenvalue weighted by atomic mass is 9.97. The summed E-state index contributed by atoms with van der Waals surface area (Å²) < 4.78 is 15.9. The number of halogens is 1. The van der Waals surface area contributed by atoms with Gasteiger partial charge in [0.2, 0.25) is 0 Å². The van der Waals surface area contributed by atoms with Crippen molar-refractivity contribution >= 4 is 33.3 Å². The van der Waals surface area contributed by atoms with Gasteiger partial charge >= 0.3 is 0 Å². The zero-order valence-electron chi connectivity index (χ0n) is 15.3. The van der Waals surface area contributed by atoms with Gasteiger partial charge in [-0.15, -0.1) is 11.3 Å². The maximum atomic E-state index is 14.5. The summed E-state index contributed by atoms with van der Waals surface area (Å²) in [6, 6.07) is 6.26. The van der Waals surface area contributed by atoms with E-state index < -0.39 is 11.4 Å². The molecule has 0 amide bonds. The maximum absolute atomic E-state index is 14.5. The number of thiophene rings is 1. The number of aliphatic hydroxyl groups is 1. The number of rotatable bonds is 4. The van der Waals surface area contributed by atoms with Crippen molar-refractivity contribution in [2.24, 2.45) is 0 Å². The summed E-state index contributed by atoms with van der Waals surface area (Å²) >= 11 is 2.85. The number of hydrogen-bond acceptors (Lipinski definition) is 5. The predicted octanol–water partition coefficient (Wildman–Crippen LogP) is 4.33. The van der Waals surface area contributed by atoms with Gasteiger partial charge in [-0.2, -0.15) is 0 Å². The third-order valence-electron chi connectivity index (χ3n) is 4.61. The van der Waals surface area contributed by atoms with E-state index in [1.54, 1.807) is 43.4 Å². The number of aromatic nitrogens is 2. The quantitative estimate of drug-likeness (QED) is 0.520.